The average molecular weight is 589 g/mol. The molecule has 4 aromatic heterocycles. The van der Waals surface area contributed by atoms with E-state index in [1.165, 1.54) is 41.1 Å². The number of nitrogens with zero attached hydrogens (tertiary/aromatic N) is 7. The van der Waals surface area contributed by atoms with Crippen LogP contribution in [-0.4, -0.2) is 40.9 Å². The van der Waals surface area contributed by atoms with Crippen LogP contribution >= 0.6 is 11.6 Å². The van der Waals surface area contributed by atoms with Crippen LogP contribution in [0.4, 0.5) is 10.1 Å². The van der Waals surface area contributed by atoms with Crippen molar-refractivity contribution in [1.82, 2.24) is 35.0 Å². The monoisotopic (exact) mass is 588 g/mol. The third-order valence-corrected chi connectivity index (χ3v) is 7.67. The van der Waals surface area contributed by atoms with Crippen LogP contribution in [0.25, 0.3) is 28.3 Å². The summed E-state index contributed by atoms with van der Waals surface area (Å²) in [6.45, 7) is 3.21. The van der Waals surface area contributed by atoms with E-state index in [9.17, 15) is 14.0 Å². The standard InChI is InChI=1S/C29H26ClFN8O3/c1-16-4-3-5-20(23-10-18(8-9-32-23)28-24(35-29(16)41)13-34-39(28)17(2)31)22-14-42-27(12-26(22)40)21-11-19(30)6-7-25(21)38-15-33-36-37-38/h6-17,20H,3-5H2,1-2H3,(H,35,41). The fraction of sp³-hybridized carbons (Fsp3) is 0.276. The molecule has 214 valence electrons. The molecule has 1 amide bonds. The van der Waals surface area contributed by atoms with Gasteiger partial charge in [-0.25, -0.2) is 9.07 Å². The van der Waals surface area contributed by atoms with Crippen molar-refractivity contribution >= 4 is 23.2 Å². The number of pyridine rings is 1. The number of alkyl halides is 1. The predicted octanol–water partition coefficient (Wildman–Crippen LogP) is 5.57. The normalized spacial score (nSPS) is 18.0. The van der Waals surface area contributed by atoms with Gasteiger partial charge in [0.05, 0.1) is 29.5 Å². The van der Waals surface area contributed by atoms with Crippen molar-refractivity contribution in [3.05, 3.63) is 87.9 Å². The number of hydrogen-bond donors (Lipinski definition) is 1. The molecule has 0 radical (unpaired) electrons. The molecule has 0 spiro atoms. The Morgan fingerprint density at radius 2 is 2.02 bits per heavy atom. The number of nitrogens with one attached hydrogen (secondary N) is 1. The summed E-state index contributed by atoms with van der Waals surface area (Å²) in [4.78, 5) is 31.3. The summed E-state index contributed by atoms with van der Waals surface area (Å²) >= 11 is 6.28. The number of carbonyl (C=O) groups excluding carboxylic acids is 1. The molecule has 0 aliphatic carbocycles. The van der Waals surface area contributed by atoms with Crippen molar-refractivity contribution in [2.45, 2.75) is 45.3 Å². The highest BCUT2D eigenvalue weighted by Crippen LogP contribution is 2.36. The molecule has 2 bridgehead atoms. The molecule has 0 fully saturated rings. The predicted molar refractivity (Wildman–Crippen MR) is 153 cm³/mol. The Bertz CT molecular complexity index is 1820. The summed E-state index contributed by atoms with van der Waals surface area (Å²) in [6.07, 6.45) is 6.27. The molecule has 13 heteroatoms. The molecule has 1 N–H and O–H groups in total. The summed E-state index contributed by atoms with van der Waals surface area (Å²) in [7, 11) is 0. The Kier molecular flexibility index (Phi) is 7.38. The number of carbonyl (C=O) groups is 1. The van der Waals surface area contributed by atoms with Gasteiger partial charge in [-0.15, -0.1) is 5.10 Å². The van der Waals surface area contributed by atoms with Crippen LogP contribution in [0.3, 0.4) is 0 Å². The van der Waals surface area contributed by atoms with E-state index >= 15 is 0 Å². The molecule has 42 heavy (non-hydrogen) atoms. The number of aromatic nitrogens is 7. The topological polar surface area (TPSA) is 134 Å². The van der Waals surface area contributed by atoms with Gasteiger partial charge < -0.3 is 9.73 Å². The van der Waals surface area contributed by atoms with E-state index < -0.39 is 12.2 Å². The molecule has 6 rings (SSSR count). The summed E-state index contributed by atoms with van der Waals surface area (Å²) in [5.74, 6) is -0.646. The van der Waals surface area contributed by atoms with Gasteiger partial charge in [0.2, 0.25) is 5.91 Å². The van der Waals surface area contributed by atoms with Crippen LogP contribution in [0.1, 0.15) is 56.6 Å². The van der Waals surface area contributed by atoms with Crippen LogP contribution in [0.15, 0.2) is 70.6 Å². The maximum Gasteiger partial charge on any atom is 0.227 e. The highest BCUT2D eigenvalue weighted by Gasteiger charge is 2.26. The van der Waals surface area contributed by atoms with E-state index in [1.807, 2.05) is 6.92 Å². The Morgan fingerprint density at radius 3 is 2.79 bits per heavy atom. The molecule has 0 saturated heterocycles. The van der Waals surface area contributed by atoms with E-state index in [2.05, 4.69) is 30.9 Å². The van der Waals surface area contributed by atoms with E-state index in [1.54, 1.807) is 36.5 Å². The fourth-order valence-electron chi connectivity index (χ4n) is 5.27. The Morgan fingerprint density at radius 1 is 1.17 bits per heavy atom. The van der Waals surface area contributed by atoms with Gasteiger partial charge in [-0.1, -0.05) is 24.9 Å². The first-order chi connectivity index (χ1) is 20.3. The molecule has 3 atom stereocenters. The van der Waals surface area contributed by atoms with E-state index in [4.69, 9.17) is 16.0 Å². The molecule has 3 unspecified atom stereocenters. The minimum Gasteiger partial charge on any atom is -0.464 e. The SMILES string of the molecule is CC1CCCC(c2coc(-c3cc(Cl)ccc3-n3cnnn3)cc2=O)c2cc(ccn2)-c2c(cnn2C(C)F)NC1=O. The number of fused-ring (bicyclic) bond motifs is 4. The average Bonchev–Trinajstić information content (AvgIpc) is 3.66. The summed E-state index contributed by atoms with van der Waals surface area (Å²) < 4.78 is 23.3. The zero-order valence-corrected chi connectivity index (χ0v) is 23.5. The quantitative estimate of drug-likeness (QED) is 0.288. The van der Waals surface area contributed by atoms with Gasteiger partial charge in [0.25, 0.3) is 0 Å². The second-order valence-corrected chi connectivity index (χ2v) is 10.7. The number of rotatable bonds is 4. The number of tetrazole rings is 1. The van der Waals surface area contributed by atoms with Crippen LogP contribution in [-0.2, 0) is 4.79 Å². The lowest BCUT2D eigenvalue weighted by Crippen LogP contribution is -2.22. The summed E-state index contributed by atoms with van der Waals surface area (Å²) in [5, 5.41) is 18.9. The van der Waals surface area contributed by atoms with Crippen molar-refractivity contribution in [2.24, 2.45) is 5.92 Å². The number of halogens is 2. The third-order valence-electron chi connectivity index (χ3n) is 7.43. The van der Waals surface area contributed by atoms with Gasteiger partial charge in [-0.3, -0.25) is 14.6 Å². The lowest BCUT2D eigenvalue weighted by Gasteiger charge is -2.20. The highest BCUT2D eigenvalue weighted by molar-refractivity contribution is 6.31. The first-order valence-electron chi connectivity index (χ1n) is 13.4. The van der Waals surface area contributed by atoms with Gasteiger partial charge in [-0.05, 0) is 60.5 Å². The van der Waals surface area contributed by atoms with Crippen molar-refractivity contribution in [3.8, 4) is 28.3 Å². The van der Waals surface area contributed by atoms with Gasteiger partial charge in [0.1, 0.15) is 12.1 Å². The molecule has 5 aromatic rings. The highest BCUT2D eigenvalue weighted by atomic mass is 35.5. The number of benzene rings is 1. The van der Waals surface area contributed by atoms with Gasteiger partial charge in [0.15, 0.2) is 11.7 Å². The van der Waals surface area contributed by atoms with Gasteiger partial charge in [0, 0.05) is 51.5 Å². The Hall–Kier alpha value is -4.71. The molecule has 11 nitrogen and oxygen atoms in total. The maximum absolute atomic E-state index is 14.6. The van der Waals surface area contributed by atoms with Crippen molar-refractivity contribution in [2.75, 3.05) is 5.32 Å². The smallest absolute Gasteiger partial charge is 0.227 e. The van der Waals surface area contributed by atoms with E-state index in [0.717, 1.165) is 0 Å². The van der Waals surface area contributed by atoms with Crippen LogP contribution < -0.4 is 10.7 Å². The first-order valence-corrected chi connectivity index (χ1v) is 13.8. The lowest BCUT2D eigenvalue weighted by molar-refractivity contribution is -0.119. The second kappa shape index (κ2) is 11.3. The van der Waals surface area contributed by atoms with Gasteiger partial charge >= 0.3 is 0 Å². The minimum absolute atomic E-state index is 0.183. The Balaban J connectivity index is 1.45. The maximum atomic E-state index is 14.6. The summed E-state index contributed by atoms with van der Waals surface area (Å²) in [5.41, 5.74) is 3.35. The molecular weight excluding hydrogens is 563 g/mol. The number of anilines is 1. The molecule has 0 saturated carbocycles. The molecular formula is C29H26ClFN8O3. The number of amides is 1. The number of hydrogen-bond acceptors (Lipinski definition) is 8. The molecule has 1 aromatic carbocycles. The zero-order valence-electron chi connectivity index (χ0n) is 22.7. The molecule has 5 heterocycles. The van der Waals surface area contributed by atoms with Crippen molar-refractivity contribution in [3.63, 3.8) is 0 Å². The van der Waals surface area contributed by atoms with E-state index in [-0.39, 0.29) is 17.3 Å². The summed E-state index contributed by atoms with van der Waals surface area (Å²) in [6, 6.07) is 10.1. The van der Waals surface area contributed by atoms with Gasteiger partial charge in [-0.2, -0.15) is 9.78 Å². The van der Waals surface area contributed by atoms with E-state index in [0.29, 0.717) is 69.5 Å². The van der Waals surface area contributed by atoms with Crippen LogP contribution in [0.5, 0.6) is 0 Å². The molecule has 1 aliphatic rings. The van der Waals surface area contributed by atoms with Crippen molar-refractivity contribution in [1.29, 1.82) is 0 Å². The largest absolute Gasteiger partial charge is 0.464 e. The lowest BCUT2D eigenvalue weighted by atomic mass is 9.88. The molecule has 1 aliphatic heterocycles. The third kappa shape index (κ3) is 5.20. The Labute approximate surface area is 244 Å². The van der Waals surface area contributed by atoms with Crippen LogP contribution in [0, 0.1) is 5.92 Å². The second-order valence-electron chi connectivity index (χ2n) is 10.2. The van der Waals surface area contributed by atoms with Crippen molar-refractivity contribution < 1.29 is 13.6 Å². The van der Waals surface area contributed by atoms with Crippen LogP contribution in [0.2, 0.25) is 5.02 Å². The minimum atomic E-state index is -1.44. The zero-order chi connectivity index (χ0) is 29.4. The fourth-order valence-corrected chi connectivity index (χ4v) is 5.44. The first kappa shape index (κ1) is 27.5.